The van der Waals surface area contributed by atoms with Gasteiger partial charge in [-0.2, -0.15) is 0 Å². The van der Waals surface area contributed by atoms with Gasteiger partial charge in [0.25, 0.3) is 0 Å². The Morgan fingerprint density at radius 1 is 1.42 bits per heavy atom. The Morgan fingerprint density at radius 2 is 2.23 bits per heavy atom. The topological polar surface area (TPSA) is 79.9 Å². The third-order valence-electron chi connectivity index (χ3n) is 4.30. The summed E-state index contributed by atoms with van der Waals surface area (Å²) in [4.78, 5) is 26.2. The average Bonchev–Trinajstić information content (AvgIpc) is 2.63. The number of nitrogens with zero attached hydrogens (tertiary/aromatic N) is 1. The van der Waals surface area contributed by atoms with Crippen molar-refractivity contribution in [1.29, 1.82) is 0 Å². The first-order chi connectivity index (χ1) is 12.5. The zero-order chi connectivity index (χ0) is 18.9. The summed E-state index contributed by atoms with van der Waals surface area (Å²) < 4.78 is 24.2. The fourth-order valence-electron chi connectivity index (χ4n) is 2.87. The first-order valence-corrected chi connectivity index (χ1v) is 8.65. The molecule has 7 nitrogen and oxygen atoms in total. The molecule has 1 aromatic carbocycles. The lowest BCUT2D eigenvalue weighted by Crippen LogP contribution is -2.56. The Labute approximate surface area is 152 Å². The van der Waals surface area contributed by atoms with Gasteiger partial charge in [0.1, 0.15) is 11.6 Å². The smallest absolute Gasteiger partial charge is 0.237 e. The number of ether oxygens (including phenoxy) is 2. The Morgan fingerprint density at radius 3 is 2.92 bits per heavy atom. The van der Waals surface area contributed by atoms with Crippen LogP contribution in [0, 0.1) is 5.82 Å². The summed E-state index contributed by atoms with van der Waals surface area (Å²) in [6.45, 7) is 2.34. The first kappa shape index (κ1) is 20.1. The van der Waals surface area contributed by atoms with E-state index in [0.717, 1.165) is 0 Å². The molecule has 2 rings (SSSR count). The Bertz CT molecular complexity index is 626. The molecule has 1 saturated heterocycles. The number of benzene rings is 1. The van der Waals surface area contributed by atoms with Gasteiger partial charge in [-0.15, -0.1) is 0 Å². The third kappa shape index (κ3) is 5.67. The molecule has 1 aromatic rings. The third-order valence-corrected chi connectivity index (χ3v) is 4.30. The lowest BCUT2D eigenvalue weighted by molar-refractivity contribution is -0.134. The van der Waals surface area contributed by atoms with Gasteiger partial charge in [-0.1, -0.05) is 6.07 Å². The summed E-state index contributed by atoms with van der Waals surface area (Å²) in [7, 11) is 3.08. The maximum absolute atomic E-state index is 14.2. The molecular formula is C18H26FN3O4. The van der Waals surface area contributed by atoms with Crippen LogP contribution < -0.4 is 15.4 Å². The molecule has 1 aliphatic heterocycles. The standard InChI is InChI=1S/C18H26FN3O4/c1-25-9-3-6-20-17(23)11-16-18(24)21-7-8-22(16)12-13-4-5-14(26-2)10-15(13)19/h4-5,10,16H,3,6-9,11-12H2,1-2H3,(H,20,23)(H,21,24)/t16-/m0/s1. The summed E-state index contributed by atoms with van der Waals surface area (Å²) >= 11 is 0. The molecule has 0 unspecified atom stereocenters. The predicted molar refractivity (Wildman–Crippen MR) is 94.3 cm³/mol. The van der Waals surface area contributed by atoms with Crippen LogP contribution in [-0.4, -0.2) is 63.2 Å². The van der Waals surface area contributed by atoms with Gasteiger partial charge < -0.3 is 20.1 Å². The second-order valence-electron chi connectivity index (χ2n) is 6.14. The van der Waals surface area contributed by atoms with Crippen LogP contribution in [0.2, 0.25) is 0 Å². The molecule has 0 saturated carbocycles. The lowest BCUT2D eigenvalue weighted by Gasteiger charge is -2.34. The van der Waals surface area contributed by atoms with E-state index in [1.807, 2.05) is 4.90 Å². The van der Waals surface area contributed by atoms with Crippen molar-refractivity contribution in [2.75, 3.05) is 40.5 Å². The molecule has 0 radical (unpaired) electrons. The first-order valence-electron chi connectivity index (χ1n) is 8.65. The number of hydrogen-bond acceptors (Lipinski definition) is 5. The summed E-state index contributed by atoms with van der Waals surface area (Å²) in [5.41, 5.74) is 0.464. The van der Waals surface area contributed by atoms with Crippen LogP contribution in [0.15, 0.2) is 18.2 Å². The van der Waals surface area contributed by atoms with Crippen molar-refractivity contribution in [2.24, 2.45) is 0 Å². The van der Waals surface area contributed by atoms with E-state index in [1.165, 1.54) is 13.2 Å². The number of rotatable bonds is 9. The van der Waals surface area contributed by atoms with E-state index in [0.29, 0.717) is 44.0 Å². The highest BCUT2D eigenvalue weighted by atomic mass is 19.1. The molecule has 144 valence electrons. The molecule has 2 N–H and O–H groups in total. The molecule has 0 aliphatic carbocycles. The van der Waals surface area contributed by atoms with Gasteiger partial charge in [0, 0.05) is 51.5 Å². The quantitative estimate of drug-likeness (QED) is 0.628. The van der Waals surface area contributed by atoms with Gasteiger partial charge in [0.2, 0.25) is 11.8 Å². The molecule has 2 amide bonds. The van der Waals surface area contributed by atoms with Crippen molar-refractivity contribution in [2.45, 2.75) is 25.4 Å². The number of amides is 2. The van der Waals surface area contributed by atoms with Crippen LogP contribution in [0.1, 0.15) is 18.4 Å². The average molecular weight is 367 g/mol. The van der Waals surface area contributed by atoms with Crippen LogP contribution >= 0.6 is 0 Å². The normalized spacial score (nSPS) is 17.7. The zero-order valence-corrected chi connectivity index (χ0v) is 15.2. The highest BCUT2D eigenvalue weighted by Gasteiger charge is 2.31. The Balaban J connectivity index is 1.98. The van der Waals surface area contributed by atoms with Gasteiger partial charge in [-0.05, 0) is 12.5 Å². The number of hydrogen-bond donors (Lipinski definition) is 2. The highest BCUT2D eigenvalue weighted by molar-refractivity contribution is 5.88. The van der Waals surface area contributed by atoms with E-state index in [2.05, 4.69) is 10.6 Å². The van der Waals surface area contributed by atoms with Gasteiger partial charge in [-0.25, -0.2) is 4.39 Å². The number of methoxy groups -OCH3 is 2. The van der Waals surface area contributed by atoms with E-state index >= 15 is 0 Å². The molecule has 8 heteroatoms. The summed E-state index contributed by atoms with van der Waals surface area (Å²) in [5, 5.41) is 5.55. The molecule has 0 bridgehead atoms. The van der Waals surface area contributed by atoms with Gasteiger partial charge in [0.15, 0.2) is 0 Å². The Hall–Kier alpha value is -2.19. The monoisotopic (exact) mass is 367 g/mol. The van der Waals surface area contributed by atoms with E-state index < -0.39 is 11.9 Å². The highest BCUT2D eigenvalue weighted by Crippen LogP contribution is 2.20. The van der Waals surface area contributed by atoms with Crippen molar-refractivity contribution in [1.82, 2.24) is 15.5 Å². The van der Waals surface area contributed by atoms with E-state index in [4.69, 9.17) is 9.47 Å². The molecule has 1 atom stereocenters. The van der Waals surface area contributed by atoms with Crippen molar-refractivity contribution in [3.8, 4) is 5.75 Å². The maximum Gasteiger partial charge on any atom is 0.237 e. The van der Waals surface area contributed by atoms with E-state index in [9.17, 15) is 14.0 Å². The van der Waals surface area contributed by atoms with Crippen molar-refractivity contribution in [3.63, 3.8) is 0 Å². The minimum absolute atomic E-state index is 0.0383. The van der Waals surface area contributed by atoms with Crippen molar-refractivity contribution in [3.05, 3.63) is 29.6 Å². The van der Waals surface area contributed by atoms with Crippen LogP contribution in [0.5, 0.6) is 5.75 Å². The fourth-order valence-corrected chi connectivity index (χ4v) is 2.87. The number of halogens is 1. The van der Waals surface area contributed by atoms with Gasteiger partial charge in [-0.3, -0.25) is 14.5 Å². The Kier molecular flexibility index (Phi) is 7.80. The van der Waals surface area contributed by atoms with Gasteiger partial charge >= 0.3 is 0 Å². The largest absolute Gasteiger partial charge is 0.497 e. The molecule has 0 aromatic heterocycles. The molecular weight excluding hydrogens is 341 g/mol. The van der Waals surface area contributed by atoms with Crippen LogP contribution in [0.4, 0.5) is 4.39 Å². The maximum atomic E-state index is 14.2. The molecule has 0 spiro atoms. The van der Waals surface area contributed by atoms with Crippen LogP contribution in [-0.2, 0) is 20.9 Å². The van der Waals surface area contributed by atoms with Crippen molar-refractivity contribution >= 4 is 11.8 Å². The van der Waals surface area contributed by atoms with E-state index in [-0.39, 0.29) is 24.8 Å². The number of carbonyl (C=O) groups is 2. The second kappa shape index (κ2) is 10.1. The minimum Gasteiger partial charge on any atom is -0.497 e. The zero-order valence-electron chi connectivity index (χ0n) is 15.2. The molecule has 1 fully saturated rings. The fraction of sp³-hybridized carbons (Fsp3) is 0.556. The van der Waals surface area contributed by atoms with Crippen LogP contribution in [0.25, 0.3) is 0 Å². The number of piperazine rings is 1. The lowest BCUT2D eigenvalue weighted by atomic mass is 10.1. The SMILES string of the molecule is COCCCNC(=O)C[C@H]1C(=O)NCCN1Cc1ccc(OC)cc1F. The molecule has 1 aliphatic rings. The summed E-state index contributed by atoms with van der Waals surface area (Å²) in [5.74, 6) is -0.367. The van der Waals surface area contributed by atoms with Crippen molar-refractivity contribution < 1.29 is 23.5 Å². The second-order valence-corrected chi connectivity index (χ2v) is 6.14. The minimum atomic E-state index is -0.618. The summed E-state index contributed by atoms with van der Waals surface area (Å²) in [6, 6.07) is 4.02. The van der Waals surface area contributed by atoms with Gasteiger partial charge in [0.05, 0.1) is 19.6 Å². The predicted octanol–water partition coefficient (Wildman–Crippen LogP) is 0.678. The number of carbonyl (C=O) groups excluding carboxylic acids is 2. The molecule has 1 heterocycles. The van der Waals surface area contributed by atoms with E-state index in [1.54, 1.807) is 19.2 Å². The molecule has 26 heavy (non-hydrogen) atoms. The number of nitrogens with one attached hydrogen (secondary N) is 2. The summed E-state index contributed by atoms with van der Waals surface area (Å²) in [6.07, 6.45) is 0.746. The van der Waals surface area contributed by atoms with Crippen LogP contribution in [0.3, 0.4) is 0 Å².